The van der Waals surface area contributed by atoms with Crippen LogP contribution in [0.2, 0.25) is 0 Å². The molecule has 0 aliphatic carbocycles. The molecule has 2 saturated heterocycles. The zero-order valence-electron chi connectivity index (χ0n) is 11.5. The monoisotopic (exact) mass is 255 g/mol. The van der Waals surface area contributed by atoms with Gasteiger partial charge in [-0.05, 0) is 26.3 Å². The lowest BCUT2D eigenvalue weighted by Crippen LogP contribution is -2.50. The Labute approximate surface area is 109 Å². The molecular formula is C13H25N3O2. The van der Waals surface area contributed by atoms with Crippen molar-refractivity contribution >= 4 is 5.91 Å². The van der Waals surface area contributed by atoms with E-state index >= 15 is 0 Å². The molecule has 0 saturated carbocycles. The summed E-state index contributed by atoms with van der Waals surface area (Å²) in [4.78, 5) is 16.3. The molecule has 2 fully saturated rings. The van der Waals surface area contributed by atoms with Crippen molar-refractivity contribution in [2.45, 2.75) is 19.4 Å². The minimum Gasteiger partial charge on any atom is -0.381 e. The maximum Gasteiger partial charge on any atom is 0.236 e. The van der Waals surface area contributed by atoms with Gasteiger partial charge in [0.25, 0.3) is 0 Å². The van der Waals surface area contributed by atoms with E-state index in [0.29, 0.717) is 18.5 Å². The van der Waals surface area contributed by atoms with E-state index < -0.39 is 0 Å². The van der Waals surface area contributed by atoms with Gasteiger partial charge in [-0.2, -0.15) is 0 Å². The summed E-state index contributed by atoms with van der Waals surface area (Å²) in [5, 5.41) is 3.27. The first-order valence-corrected chi connectivity index (χ1v) is 6.95. The van der Waals surface area contributed by atoms with E-state index in [-0.39, 0.29) is 5.91 Å². The zero-order chi connectivity index (χ0) is 13.0. The van der Waals surface area contributed by atoms with E-state index in [4.69, 9.17) is 4.74 Å². The van der Waals surface area contributed by atoms with Gasteiger partial charge in [-0.15, -0.1) is 0 Å². The van der Waals surface area contributed by atoms with Gasteiger partial charge in [0.2, 0.25) is 5.91 Å². The Kier molecular flexibility index (Phi) is 4.97. The Morgan fingerprint density at radius 2 is 2.22 bits per heavy atom. The number of carbonyl (C=O) groups excluding carboxylic acids is 1. The zero-order valence-corrected chi connectivity index (χ0v) is 11.5. The number of nitrogens with zero attached hydrogens (tertiary/aromatic N) is 2. The van der Waals surface area contributed by atoms with Crippen LogP contribution in [0.4, 0.5) is 0 Å². The van der Waals surface area contributed by atoms with Gasteiger partial charge < -0.3 is 15.0 Å². The van der Waals surface area contributed by atoms with Crippen LogP contribution < -0.4 is 5.32 Å². The maximum absolute atomic E-state index is 12.2. The molecule has 2 unspecified atom stereocenters. The van der Waals surface area contributed by atoms with E-state index in [1.807, 2.05) is 11.9 Å². The van der Waals surface area contributed by atoms with Gasteiger partial charge in [-0.3, -0.25) is 9.69 Å². The molecule has 2 rings (SSSR count). The predicted molar refractivity (Wildman–Crippen MR) is 70.5 cm³/mol. The first-order valence-electron chi connectivity index (χ1n) is 6.95. The van der Waals surface area contributed by atoms with Gasteiger partial charge in [0, 0.05) is 38.8 Å². The summed E-state index contributed by atoms with van der Waals surface area (Å²) in [5.74, 6) is 0.829. The van der Waals surface area contributed by atoms with Crippen molar-refractivity contribution in [1.82, 2.24) is 15.1 Å². The van der Waals surface area contributed by atoms with E-state index in [0.717, 1.165) is 45.8 Å². The summed E-state index contributed by atoms with van der Waals surface area (Å²) in [5.41, 5.74) is 0. The first-order chi connectivity index (χ1) is 8.68. The van der Waals surface area contributed by atoms with Gasteiger partial charge in [-0.25, -0.2) is 0 Å². The smallest absolute Gasteiger partial charge is 0.236 e. The topological polar surface area (TPSA) is 44.8 Å². The van der Waals surface area contributed by atoms with Crippen LogP contribution >= 0.6 is 0 Å². The van der Waals surface area contributed by atoms with Crippen LogP contribution in [-0.4, -0.2) is 74.7 Å². The second kappa shape index (κ2) is 6.50. The Bertz CT molecular complexity index is 273. The SMILES string of the molecule is CC(C1CCOC1)N(C)CC(=O)N1CCNCC1. The highest BCUT2D eigenvalue weighted by atomic mass is 16.5. The van der Waals surface area contributed by atoms with Crippen molar-refractivity contribution in [1.29, 1.82) is 0 Å². The standard InChI is InChI=1S/C13H25N3O2/c1-11(12-3-8-18-10-12)15(2)9-13(17)16-6-4-14-5-7-16/h11-12,14H,3-10H2,1-2H3. The van der Waals surface area contributed by atoms with Crippen LogP contribution in [0.1, 0.15) is 13.3 Å². The molecule has 0 aromatic heterocycles. The van der Waals surface area contributed by atoms with Crippen LogP contribution in [0.3, 0.4) is 0 Å². The highest BCUT2D eigenvalue weighted by molar-refractivity contribution is 5.78. The Morgan fingerprint density at radius 3 is 2.83 bits per heavy atom. The lowest BCUT2D eigenvalue weighted by atomic mass is 9.99. The van der Waals surface area contributed by atoms with Crippen molar-refractivity contribution in [2.75, 3.05) is 53.0 Å². The number of amides is 1. The molecule has 0 aromatic rings. The second-order valence-electron chi connectivity index (χ2n) is 5.41. The van der Waals surface area contributed by atoms with Gasteiger partial charge >= 0.3 is 0 Å². The number of carbonyl (C=O) groups is 1. The van der Waals surface area contributed by atoms with Crippen LogP contribution in [0.5, 0.6) is 0 Å². The molecule has 0 aromatic carbocycles. The Hall–Kier alpha value is -0.650. The minimum absolute atomic E-state index is 0.254. The lowest BCUT2D eigenvalue weighted by Gasteiger charge is -2.32. The summed E-state index contributed by atoms with van der Waals surface area (Å²) < 4.78 is 5.42. The molecule has 2 atom stereocenters. The quantitative estimate of drug-likeness (QED) is 0.754. The number of piperazine rings is 1. The number of likely N-dealkylation sites (N-methyl/N-ethyl adjacent to an activating group) is 1. The number of rotatable bonds is 4. The van der Waals surface area contributed by atoms with Crippen molar-refractivity contribution < 1.29 is 9.53 Å². The summed E-state index contributed by atoms with van der Waals surface area (Å²) in [6, 6.07) is 0.416. The molecule has 0 spiro atoms. The molecule has 0 bridgehead atoms. The molecule has 1 amide bonds. The molecular weight excluding hydrogens is 230 g/mol. The molecule has 1 N–H and O–H groups in total. The number of ether oxygens (including phenoxy) is 1. The Balaban J connectivity index is 1.78. The van der Waals surface area contributed by atoms with Crippen molar-refractivity contribution in [3.8, 4) is 0 Å². The fourth-order valence-electron chi connectivity index (χ4n) is 2.66. The van der Waals surface area contributed by atoms with Crippen molar-refractivity contribution in [3.05, 3.63) is 0 Å². The van der Waals surface area contributed by atoms with E-state index in [2.05, 4.69) is 17.1 Å². The highest BCUT2D eigenvalue weighted by Crippen LogP contribution is 2.19. The molecule has 2 heterocycles. The average Bonchev–Trinajstić information content (AvgIpc) is 2.92. The van der Waals surface area contributed by atoms with Gasteiger partial charge in [0.15, 0.2) is 0 Å². The third kappa shape index (κ3) is 3.43. The van der Waals surface area contributed by atoms with Crippen LogP contribution in [0, 0.1) is 5.92 Å². The maximum atomic E-state index is 12.2. The third-order valence-corrected chi connectivity index (χ3v) is 4.20. The molecule has 0 radical (unpaired) electrons. The van der Waals surface area contributed by atoms with Crippen LogP contribution in [-0.2, 0) is 9.53 Å². The largest absolute Gasteiger partial charge is 0.381 e. The molecule has 5 nitrogen and oxygen atoms in total. The average molecular weight is 255 g/mol. The third-order valence-electron chi connectivity index (χ3n) is 4.20. The molecule has 5 heteroatoms. The van der Waals surface area contributed by atoms with Crippen LogP contribution in [0.25, 0.3) is 0 Å². The second-order valence-corrected chi connectivity index (χ2v) is 5.41. The predicted octanol–water partition coefficient (Wildman–Crippen LogP) is -0.225. The normalized spacial score (nSPS) is 26.6. The molecule has 2 aliphatic heterocycles. The molecule has 18 heavy (non-hydrogen) atoms. The summed E-state index contributed by atoms with van der Waals surface area (Å²) in [7, 11) is 2.04. The van der Waals surface area contributed by atoms with E-state index in [1.165, 1.54) is 0 Å². The summed E-state index contributed by atoms with van der Waals surface area (Å²) >= 11 is 0. The van der Waals surface area contributed by atoms with E-state index in [1.54, 1.807) is 0 Å². The summed E-state index contributed by atoms with van der Waals surface area (Å²) in [6.07, 6.45) is 1.12. The Morgan fingerprint density at radius 1 is 1.50 bits per heavy atom. The minimum atomic E-state index is 0.254. The van der Waals surface area contributed by atoms with Gasteiger partial charge in [-0.1, -0.05) is 0 Å². The van der Waals surface area contributed by atoms with Crippen molar-refractivity contribution in [3.63, 3.8) is 0 Å². The highest BCUT2D eigenvalue weighted by Gasteiger charge is 2.27. The van der Waals surface area contributed by atoms with Gasteiger partial charge in [0.1, 0.15) is 0 Å². The molecule has 2 aliphatic rings. The lowest BCUT2D eigenvalue weighted by molar-refractivity contribution is -0.133. The van der Waals surface area contributed by atoms with E-state index in [9.17, 15) is 4.79 Å². The van der Waals surface area contributed by atoms with Crippen LogP contribution in [0.15, 0.2) is 0 Å². The number of hydrogen-bond donors (Lipinski definition) is 1. The van der Waals surface area contributed by atoms with Crippen molar-refractivity contribution in [2.24, 2.45) is 5.92 Å². The first kappa shape index (κ1) is 13.8. The number of hydrogen-bond acceptors (Lipinski definition) is 4. The fourth-order valence-corrected chi connectivity index (χ4v) is 2.66. The number of nitrogens with one attached hydrogen (secondary N) is 1. The molecule has 104 valence electrons. The fraction of sp³-hybridized carbons (Fsp3) is 0.923. The summed E-state index contributed by atoms with van der Waals surface area (Å²) in [6.45, 7) is 7.95. The van der Waals surface area contributed by atoms with Gasteiger partial charge in [0.05, 0.1) is 13.2 Å².